The van der Waals surface area contributed by atoms with E-state index in [1.54, 1.807) is 0 Å². The molecule has 0 radical (unpaired) electrons. The molecule has 54 valence electrons. The van der Waals surface area contributed by atoms with Gasteiger partial charge in [0.2, 0.25) is 0 Å². The van der Waals surface area contributed by atoms with Gasteiger partial charge in [-0.25, -0.2) is 0 Å². The minimum Gasteiger partial charge on any atom is -0.0871 e. The highest BCUT2D eigenvalue weighted by atomic mass is 13.8. The Kier molecular flexibility index (Phi) is 4.30. The molecule has 0 aromatic heterocycles. The van der Waals surface area contributed by atoms with E-state index >= 15 is 0 Å². The van der Waals surface area contributed by atoms with Gasteiger partial charge < -0.3 is 0 Å². The van der Waals surface area contributed by atoms with Gasteiger partial charge in [0, 0.05) is 0 Å². The maximum atomic E-state index is 2.08. The van der Waals surface area contributed by atoms with Crippen molar-refractivity contribution >= 4 is 6.08 Å². The van der Waals surface area contributed by atoms with Crippen LogP contribution in [-0.2, 0) is 0 Å². The Morgan fingerprint density at radius 3 is 2.20 bits per heavy atom. The molecule has 0 heteroatoms. The molecule has 0 heterocycles. The first-order valence-electron chi connectivity index (χ1n) is 3.11. The summed E-state index contributed by atoms with van der Waals surface area (Å²) >= 11 is 0. The van der Waals surface area contributed by atoms with Crippen LogP contribution in [0.3, 0.4) is 0 Å². The first kappa shape index (κ1) is 8.96. The fourth-order valence-electron chi connectivity index (χ4n) is 0.757. The Bertz CT molecular complexity index is 184. The van der Waals surface area contributed by atoms with Crippen LogP contribution in [-0.4, -0.2) is 0 Å². The Balaban J connectivity index is 0.000000810. The molecule has 10 heavy (non-hydrogen) atoms. The maximum absolute atomic E-state index is 2.08. The number of hydrogen-bond donors (Lipinski definition) is 0. The van der Waals surface area contributed by atoms with Gasteiger partial charge in [-0.15, -0.1) is 0 Å². The normalized spacial score (nSPS) is 9.30. The molecular formula is C10H14. The monoisotopic (exact) mass is 134 g/mol. The van der Waals surface area contributed by atoms with Crippen LogP contribution in [0.5, 0.6) is 0 Å². The van der Waals surface area contributed by atoms with Crippen LogP contribution in [0.25, 0.3) is 6.08 Å². The highest BCUT2D eigenvalue weighted by molar-refractivity contribution is 5.47. The second-order valence-electron chi connectivity index (χ2n) is 1.91. The Labute approximate surface area is 63.2 Å². The number of hydrogen-bond acceptors (Lipinski definition) is 0. The minimum atomic E-state index is 0. The molecule has 1 aromatic carbocycles. The summed E-state index contributed by atoms with van der Waals surface area (Å²) in [6.45, 7) is 2.02. The molecule has 0 spiro atoms. The van der Waals surface area contributed by atoms with Crippen LogP contribution < -0.4 is 0 Å². The van der Waals surface area contributed by atoms with E-state index in [1.807, 2.05) is 31.2 Å². The average Bonchev–Trinajstić information content (AvgIpc) is 1.91. The van der Waals surface area contributed by atoms with Crippen molar-refractivity contribution in [1.29, 1.82) is 0 Å². The van der Waals surface area contributed by atoms with Crippen LogP contribution >= 0.6 is 0 Å². The SMILES string of the molecule is C.CC=Cc1ccccc1. The summed E-state index contributed by atoms with van der Waals surface area (Å²) in [5.41, 5.74) is 1.26. The third kappa shape index (κ3) is 2.49. The second kappa shape index (κ2) is 4.80. The van der Waals surface area contributed by atoms with Gasteiger partial charge >= 0.3 is 0 Å². The Hall–Kier alpha value is -1.04. The van der Waals surface area contributed by atoms with Gasteiger partial charge in [-0.05, 0) is 12.5 Å². The summed E-state index contributed by atoms with van der Waals surface area (Å²) in [4.78, 5) is 0. The van der Waals surface area contributed by atoms with Crippen molar-refractivity contribution < 1.29 is 0 Å². The van der Waals surface area contributed by atoms with Crippen molar-refractivity contribution in [2.24, 2.45) is 0 Å². The van der Waals surface area contributed by atoms with Crippen molar-refractivity contribution in [1.82, 2.24) is 0 Å². The molecule has 0 aliphatic carbocycles. The summed E-state index contributed by atoms with van der Waals surface area (Å²) in [5, 5.41) is 0. The van der Waals surface area contributed by atoms with E-state index in [2.05, 4.69) is 18.2 Å². The standard InChI is InChI=1S/C9H10.CH4/c1-2-6-9-7-4-3-5-8-9;/h2-8H,1H3;1H4. The highest BCUT2D eigenvalue weighted by Crippen LogP contribution is 1.99. The third-order valence-electron chi connectivity index (χ3n) is 1.16. The fourth-order valence-corrected chi connectivity index (χ4v) is 0.757. The number of rotatable bonds is 1. The molecule has 0 aliphatic heterocycles. The second-order valence-corrected chi connectivity index (χ2v) is 1.91. The van der Waals surface area contributed by atoms with Crippen molar-refractivity contribution in [2.45, 2.75) is 14.4 Å². The molecule has 0 aliphatic rings. The maximum Gasteiger partial charge on any atom is -0.0260 e. The van der Waals surface area contributed by atoms with Gasteiger partial charge in [0.25, 0.3) is 0 Å². The zero-order chi connectivity index (χ0) is 6.53. The van der Waals surface area contributed by atoms with Crippen molar-refractivity contribution in [2.75, 3.05) is 0 Å². The minimum absolute atomic E-state index is 0. The lowest BCUT2D eigenvalue weighted by molar-refractivity contribution is 1.64. The topological polar surface area (TPSA) is 0 Å². The molecule has 0 bridgehead atoms. The first-order valence-corrected chi connectivity index (χ1v) is 3.11. The molecule has 0 N–H and O–H groups in total. The molecule has 1 rings (SSSR count). The zero-order valence-electron chi connectivity index (χ0n) is 5.54. The highest BCUT2D eigenvalue weighted by Gasteiger charge is 1.77. The van der Waals surface area contributed by atoms with Crippen LogP contribution in [0.2, 0.25) is 0 Å². The quantitative estimate of drug-likeness (QED) is 0.552. The van der Waals surface area contributed by atoms with E-state index in [-0.39, 0.29) is 7.43 Å². The van der Waals surface area contributed by atoms with E-state index in [1.165, 1.54) is 5.56 Å². The van der Waals surface area contributed by atoms with Crippen molar-refractivity contribution in [3.63, 3.8) is 0 Å². The summed E-state index contributed by atoms with van der Waals surface area (Å²) in [6.07, 6.45) is 4.12. The smallest absolute Gasteiger partial charge is 0.0260 e. The van der Waals surface area contributed by atoms with Crippen LogP contribution in [0.15, 0.2) is 36.4 Å². The van der Waals surface area contributed by atoms with E-state index in [0.29, 0.717) is 0 Å². The summed E-state index contributed by atoms with van der Waals surface area (Å²) in [6, 6.07) is 10.3. The average molecular weight is 134 g/mol. The van der Waals surface area contributed by atoms with Gasteiger partial charge in [0.05, 0.1) is 0 Å². The summed E-state index contributed by atoms with van der Waals surface area (Å²) in [5.74, 6) is 0. The molecule has 0 atom stereocenters. The molecule has 0 fully saturated rings. The third-order valence-corrected chi connectivity index (χ3v) is 1.16. The number of benzene rings is 1. The van der Waals surface area contributed by atoms with E-state index < -0.39 is 0 Å². The van der Waals surface area contributed by atoms with Gasteiger partial charge in [-0.3, -0.25) is 0 Å². The van der Waals surface area contributed by atoms with Crippen LogP contribution in [0.1, 0.15) is 19.9 Å². The van der Waals surface area contributed by atoms with Gasteiger partial charge in [-0.1, -0.05) is 49.9 Å². The summed E-state index contributed by atoms with van der Waals surface area (Å²) < 4.78 is 0. The molecular weight excluding hydrogens is 120 g/mol. The van der Waals surface area contributed by atoms with Crippen LogP contribution in [0.4, 0.5) is 0 Å². The lowest BCUT2D eigenvalue weighted by Crippen LogP contribution is -1.65. The fraction of sp³-hybridized carbons (Fsp3) is 0.200. The zero-order valence-corrected chi connectivity index (χ0v) is 5.54. The van der Waals surface area contributed by atoms with Crippen LogP contribution in [0, 0.1) is 0 Å². The van der Waals surface area contributed by atoms with Gasteiger partial charge in [0.1, 0.15) is 0 Å². The Morgan fingerprint density at radius 1 is 1.10 bits per heavy atom. The molecule has 1 aromatic rings. The van der Waals surface area contributed by atoms with E-state index in [9.17, 15) is 0 Å². The molecule has 0 unspecified atom stereocenters. The van der Waals surface area contributed by atoms with Crippen molar-refractivity contribution in [3.05, 3.63) is 42.0 Å². The molecule has 0 nitrogen and oxygen atoms in total. The predicted octanol–water partition coefficient (Wildman–Crippen LogP) is 3.36. The van der Waals surface area contributed by atoms with E-state index in [0.717, 1.165) is 0 Å². The first-order chi connectivity index (χ1) is 4.43. The van der Waals surface area contributed by atoms with Crippen molar-refractivity contribution in [3.8, 4) is 0 Å². The summed E-state index contributed by atoms with van der Waals surface area (Å²) in [7, 11) is 0. The molecule has 0 amide bonds. The lowest BCUT2D eigenvalue weighted by atomic mass is 10.2. The van der Waals surface area contributed by atoms with Gasteiger partial charge in [0.15, 0.2) is 0 Å². The Morgan fingerprint density at radius 2 is 1.70 bits per heavy atom. The predicted molar refractivity (Wildman–Crippen MR) is 47.9 cm³/mol. The largest absolute Gasteiger partial charge is 0.0871 e. The molecule has 0 saturated heterocycles. The number of allylic oxidation sites excluding steroid dienone is 1. The van der Waals surface area contributed by atoms with Gasteiger partial charge in [-0.2, -0.15) is 0 Å². The lowest BCUT2D eigenvalue weighted by Gasteiger charge is -1.86. The van der Waals surface area contributed by atoms with E-state index in [4.69, 9.17) is 0 Å². The molecule has 0 saturated carbocycles.